The van der Waals surface area contributed by atoms with Crippen molar-refractivity contribution in [2.75, 3.05) is 4.90 Å². The lowest BCUT2D eigenvalue weighted by atomic mass is 9.64. The Hall–Kier alpha value is -8.46. The van der Waals surface area contributed by atoms with Crippen LogP contribution in [0.4, 0.5) is 17.1 Å². The molecule has 0 fully saturated rings. The highest BCUT2D eigenvalue weighted by atomic mass is 16.3. The van der Waals surface area contributed by atoms with Crippen LogP contribution in [-0.4, -0.2) is 5.11 Å². The molecule has 11 aromatic carbocycles. The van der Waals surface area contributed by atoms with Gasteiger partial charge >= 0.3 is 0 Å². The molecular formula is C68H53NO. The van der Waals surface area contributed by atoms with Gasteiger partial charge in [0.15, 0.2) is 0 Å². The van der Waals surface area contributed by atoms with E-state index in [-0.39, 0.29) is 5.92 Å². The first-order chi connectivity index (χ1) is 34.3. The summed E-state index contributed by atoms with van der Waals surface area (Å²) in [4.78, 5) is 2.35. The van der Waals surface area contributed by atoms with Gasteiger partial charge in [0.1, 0.15) is 5.75 Å². The number of rotatable bonds is 9. The molecule has 12 rings (SSSR count). The molecular weight excluding hydrogens is 847 g/mol. The van der Waals surface area contributed by atoms with Gasteiger partial charge in [-0.1, -0.05) is 219 Å². The van der Waals surface area contributed by atoms with E-state index in [0.717, 1.165) is 44.5 Å². The Kier molecular flexibility index (Phi) is 10.6. The predicted octanol–water partition coefficient (Wildman–Crippen LogP) is 18.3. The van der Waals surface area contributed by atoms with Gasteiger partial charge in [-0.2, -0.15) is 0 Å². The van der Waals surface area contributed by atoms with Crippen molar-refractivity contribution >= 4 is 38.6 Å². The minimum atomic E-state index is -0.805. The summed E-state index contributed by atoms with van der Waals surface area (Å²) in [6.45, 7) is 8.89. The second-order valence-electron chi connectivity index (χ2n) is 19.4. The van der Waals surface area contributed by atoms with Gasteiger partial charge < -0.3 is 10.0 Å². The van der Waals surface area contributed by atoms with Gasteiger partial charge in [0.2, 0.25) is 0 Å². The highest BCUT2D eigenvalue weighted by Crippen LogP contribution is 2.60. The zero-order valence-electron chi connectivity index (χ0n) is 40.0. The third-order valence-electron chi connectivity index (χ3n) is 14.7. The molecule has 0 aromatic heterocycles. The number of anilines is 3. The van der Waals surface area contributed by atoms with Crippen LogP contribution < -0.4 is 4.90 Å². The van der Waals surface area contributed by atoms with Crippen LogP contribution in [0.1, 0.15) is 58.7 Å². The van der Waals surface area contributed by atoms with E-state index in [9.17, 15) is 5.11 Å². The molecule has 336 valence electrons. The van der Waals surface area contributed by atoms with E-state index in [1.54, 1.807) is 0 Å². The van der Waals surface area contributed by atoms with Crippen molar-refractivity contribution in [2.45, 2.75) is 39.0 Å². The number of fused-ring (bicyclic) bond motifs is 5. The summed E-state index contributed by atoms with van der Waals surface area (Å²) in [6, 6.07) is 86.0. The quantitative estimate of drug-likeness (QED) is 0.156. The second kappa shape index (κ2) is 17.3. The number of aromatic hydroxyl groups is 1. The smallest absolute Gasteiger partial charge is 0.128 e. The average molecular weight is 900 g/mol. The molecule has 0 saturated heterocycles. The first-order valence-corrected chi connectivity index (χ1v) is 24.5. The summed E-state index contributed by atoms with van der Waals surface area (Å²) < 4.78 is 0. The van der Waals surface area contributed by atoms with E-state index in [1.165, 1.54) is 77.5 Å². The molecule has 2 heteroatoms. The molecule has 1 unspecified atom stereocenters. The average Bonchev–Trinajstić information content (AvgIpc) is 3.69. The van der Waals surface area contributed by atoms with Gasteiger partial charge in [-0.25, -0.2) is 0 Å². The Morgan fingerprint density at radius 1 is 0.357 bits per heavy atom. The molecule has 1 aliphatic rings. The van der Waals surface area contributed by atoms with Crippen molar-refractivity contribution in [3.63, 3.8) is 0 Å². The van der Waals surface area contributed by atoms with Gasteiger partial charge in [-0.3, -0.25) is 0 Å². The number of phenolic OH excluding ortho intramolecular Hbond substituents is 1. The van der Waals surface area contributed by atoms with E-state index in [1.807, 2.05) is 0 Å². The van der Waals surface area contributed by atoms with Crippen LogP contribution in [0.25, 0.3) is 66.1 Å². The fourth-order valence-electron chi connectivity index (χ4n) is 11.5. The third-order valence-corrected chi connectivity index (χ3v) is 14.7. The lowest BCUT2D eigenvalue weighted by Gasteiger charge is -2.37. The van der Waals surface area contributed by atoms with Crippen LogP contribution >= 0.6 is 0 Å². The molecule has 0 spiro atoms. The number of aryl methyl sites for hydroxylation is 2. The monoisotopic (exact) mass is 899 g/mol. The van der Waals surface area contributed by atoms with Crippen molar-refractivity contribution in [1.82, 2.24) is 0 Å². The molecule has 0 bridgehead atoms. The molecule has 1 aliphatic carbocycles. The van der Waals surface area contributed by atoms with Gasteiger partial charge in [0, 0.05) is 28.0 Å². The van der Waals surface area contributed by atoms with E-state index in [0.29, 0.717) is 5.75 Å². The summed E-state index contributed by atoms with van der Waals surface area (Å²) >= 11 is 0. The first-order valence-electron chi connectivity index (χ1n) is 24.5. The molecule has 2 nitrogen and oxygen atoms in total. The SMILES string of the molecule is Cc1ccc2c(O)c(C3(c4ccc5cc(C)ccc5c4C(C)C)c4ccccc4-c4cc(-c5ccc(N(c6ccc(-c7ccccc7)cc6)c6cccc(-c7ccccc7)c6)cc5)ccc43)ccc2c1. The highest BCUT2D eigenvalue weighted by Gasteiger charge is 2.49. The Morgan fingerprint density at radius 2 is 0.843 bits per heavy atom. The Morgan fingerprint density at radius 3 is 1.50 bits per heavy atom. The van der Waals surface area contributed by atoms with E-state index >= 15 is 0 Å². The molecule has 1 atom stereocenters. The normalized spacial score (nSPS) is 14.0. The third kappa shape index (κ3) is 7.10. The standard InChI is InChI=1S/C68H53NO/c1-44(2)66-58-35-22-45(3)40-53(58)29-38-64(66)68(65-39-30-54-41-46(4)23-36-59(54)67(65)70)62-21-12-11-20-60(62)61-43-52(28-37-63(61)68)50-26-33-56(34-27-50)69(55-31-24-49(25-32-55)47-14-7-5-8-15-47)57-19-13-18-51(42-57)48-16-9-6-10-17-48/h5-44,70H,1-4H3. The zero-order valence-corrected chi connectivity index (χ0v) is 40.0. The summed E-state index contributed by atoms with van der Waals surface area (Å²) in [5.74, 6) is 0.534. The van der Waals surface area contributed by atoms with Crippen LogP contribution in [0.5, 0.6) is 5.75 Å². The molecule has 0 radical (unpaired) electrons. The van der Waals surface area contributed by atoms with Gasteiger partial charge in [-0.05, 0) is 145 Å². The predicted molar refractivity (Wildman–Crippen MR) is 295 cm³/mol. The summed E-state index contributed by atoms with van der Waals surface area (Å²) in [6.07, 6.45) is 0. The molecule has 0 heterocycles. The van der Waals surface area contributed by atoms with Crippen LogP contribution in [0, 0.1) is 13.8 Å². The maximum Gasteiger partial charge on any atom is 0.128 e. The maximum atomic E-state index is 12.8. The lowest BCUT2D eigenvalue weighted by Crippen LogP contribution is -2.30. The fourth-order valence-corrected chi connectivity index (χ4v) is 11.5. The number of nitrogens with zero attached hydrogens (tertiary/aromatic N) is 1. The molecule has 70 heavy (non-hydrogen) atoms. The van der Waals surface area contributed by atoms with Crippen molar-refractivity contribution in [3.8, 4) is 50.3 Å². The van der Waals surface area contributed by atoms with Crippen LogP contribution in [0.15, 0.2) is 237 Å². The molecule has 1 N–H and O–H groups in total. The minimum absolute atomic E-state index is 0.208. The zero-order chi connectivity index (χ0) is 47.5. The summed E-state index contributed by atoms with van der Waals surface area (Å²) in [5, 5.41) is 17.1. The van der Waals surface area contributed by atoms with Crippen LogP contribution in [0.2, 0.25) is 0 Å². The largest absolute Gasteiger partial charge is 0.507 e. The number of hydrogen-bond donors (Lipinski definition) is 1. The van der Waals surface area contributed by atoms with Crippen LogP contribution in [0.3, 0.4) is 0 Å². The number of benzene rings is 11. The maximum absolute atomic E-state index is 12.8. The van der Waals surface area contributed by atoms with E-state index in [4.69, 9.17) is 0 Å². The van der Waals surface area contributed by atoms with Crippen molar-refractivity contribution < 1.29 is 5.11 Å². The van der Waals surface area contributed by atoms with Crippen molar-refractivity contribution in [2.24, 2.45) is 0 Å². The van der Waals surface area contributed by atoms with Gasteiger partial charge in [0.25, 0.3) is 0 Å². The molecule has 0 aliphatic heterocycles. The van der Waals surface area contributed by atoms with E-state index < -0.39 is 5.41 Å². The fraction of sp³-hybridized carbons (Fsp3) is 0.0882. The molecule has 0 saturated carbocycles. The van der Waals surface area contributed by atoms with Gasteiger partial charge in [-0.15, -0.1) is 0 Å². The van der Waals surface area contributed by atoms with Crippen molar-refractivity contribution in [3.05, 3.63) is 276 Å². The van der Waals surface area contributed by atoms with Crippen molar-refractivity contribution in [1.29, 1.82) is 0 Å². The Bertz CT molecular complexity index is 3760. The Balaban J connectivity index is 1.02. The molecule has 0 amide bonds. The topological polar surface area (TPSA) is 23.5 Å². The number of phenols is 1. The molecule has 11 aromatic rings. The summed E-state index contributed by atoms with van der Waals surface area (Å²) in [7, 11) is 0. The Labute approximate surface area is 411 Å². The lowest BCUT2D eigenvalue weighted by molar-refractivity contribution is 0.467. The highest BCUT2D eigenvalue weighted by molar-refractivity contribution is 5.97. The number of hydrogen-bond acceptors (Lipinski definition) is 2. The summed E-state index contributed by atoms with van der Waals surface area (Å²) in [5.41, 5.74) is 20.0. The van der Waals surface area contributed by atoms with Crippen LogP contribution in [-0.2, 0) is 5.41 Å². The first kappa shape index (κ1) is 42.9. The second-order valence-corrected chi connectivity index (χ2v) is 19.4. The van der Waals surface area contributed by atoms with Gasteiger partial charge in [0.05, 0.1) is 5.41 Å². The van der Waals surface area contributed by atoms with E-state index in [2.05, 4.69) is 269 Å². The minimum Gasteiger partial charge on any atom is -0.507 e.